The summed E-state index contributed by atoms with van der Waals surface area (Å²) in [6, 6.07) is 2.35. The Morgan fingerprint density at radius 1 is 1.41 bits per heavy atom. The highest BCUT2D eigenvalue weighted by Crippen LogP contribution is 2.17. The molecule has 0 amide bonds. The van der Waals surface area contributed by atoms with Crippen molar-refractivity contribution in [1.29, 1.82) is 0 Å². The van der Waals surface area contributed by atoms with Crippen LogP contribution in [0.2, 0.25) is 0 Å². The van der Waals surface area contributed by atoms with E-state index in [1.165, 1.54) is 0 Å². The van der Waals surface area contributed by atoms with Crippen molar-refractivity contribution in [1.82, 2.24) is 9.97 Å². The van der Waals surface area contributed by atoms with Gasteiger partial charge < -0.3 is 10.1 Å². The van der Waals surface area contributed by atoms with Crippen LogP contribution in [-0.2, 0) is 0 Å². The highest BCUT2D eigenvalue weighted by molar-refractivity contribution is 5.38. The van der Waals surface area contributed by atoms with E-state index in [4.69, 9.17) is 4.74 Å². The zero-order chi connectivity index (χ0) is 11.9. The van der Waals surface area contributed by atoms with Crippen LogP contribution >= 0.6 is 0 Å². The molecule has 1 heterocycles. The zero-order valence-electron chi connectivity index (χ0n) is 10.2. The van der Waals surface area contributed by atoms with Crippen LogP contribution in [0, 0.1) is 0 Å². The Morgan fingerprint density at radius 3 is 3.12 bits per heavy atom. The molecule has 1 aromatic rings. The molecule has 1 aliphatic carbocycles. The second-order valence-electron chi connectivity index (χ2n) is 4.22. The van der Waals surface area contributed by atoms with Crippen LogP contribution in [0.25, 0.3) is 0 Å². The van der Waals surface area contributed by atoms with E-state index >= 15 is 0 Å². The lowest BCUT2D eigenvalue weighted by atomic mass is 10.0. The number of hydrogen-bond acceptors (Lipinski definition) is 4. The van der Waals surface area contributed by atoms with Gasteiger partial charge in [-0.05, 0) is 25.7 Å². The summed E-state index contributed by atoms with van der Waals surface area (Å²) >= 11 is 0. The number of nitrogens with zero attached hydrogens (tertiary/aromatic N) is 2. The fourth-order valence-corrected chi connectivity index (χ4v) is 1.84. The van der Waals surface area contributed by atoms with Gasteiger partial charge in [0.15, 0.2) is 0 Å². The Kier molecular flexibility index (Phi) is 4.36. The zero-order valence-corrected chi connectivity index (χ0v) is 10.2. The van der Waals surface area contributed by atoms with E-state index in [1.807, 2.05) is 6.07 Å². The molecule has 0 aromatic carbocycles. The molecule has 2 rings (SSSR count). The van der Waals surface area contributed by atoms with E-state index in [1.54, 1.807) is 6.33 Å². The number of anilines is 1. The molecule has 0 spiro atoms. The van der Waals surface area contributed by atoms with Crippen molar-refractivity contribution in [3.05, 3.63) is 24.5 Å². The predicted octanol–water partition coefficient (Wildman–Crippen LogP) is 2.79. The average Bonchev–Trinajstić information content (AvgIpc) is 2.38. The minimum atomic E-state index is 0.480. The average molecular weight is 233 g/mol. The van der Waals surface area contributed by atoms with Crippen LogP contribution in [0.5, 0.6) is 5.88 Å². The van der Waals surface area contributed by atoms with E-state index in [0.717, 1.165) is 31.5 Å². The van der Waals surface area contributed by atoms with Crippen LogP contribution < -0.4 is 10.1 Å². The second-order valence-corrected chi connectivity index (χ2v) is 4.22. The lowest BCUT2D eigenvalue weighted by Crippen LogP contribution is -2.21. The molecule has 0 fully saturated rings. The summed E-state index contributed by atoms with van der Waals surface area (Å²) < 4.78 is 5.48. The van der Waals surface area contributed by atoms with Gasteiger partial charge in [-0.3, -0.25) is 0 Å². The number of allylic oxidation sites excluding steroid dienone is 1. The van der Waals surface area contributed by atoms with E-state index in [9.17, 15) is 0 Å². The predicted molar refractivity (Wildman–Crippen MR) is 68.2 cm³/mol. The van der Waals surface area contributed by atoms with Crippen molar-refractivity contribution in [2.24, 2.45) is 0 Å². The van der Waals surface area contributed by atoms with Gasteiger partial charge in [0, 0.05) is 12.1 Å². The van der Waals surface area contributed by atoms with E-state index in [2.05, 4.69) is 34.4 Å². The second kappa shape index (κ2) is 6.23. The largest absolute Gasteiger partial charge is 0.478 e. The summed E-state index contributed by atoms with van der Waals surface area (Å²) in [6.07, 6.45) is 10.3. The van der Waals surface area contributed by atoms with Gasteiger partial charge in [0.05, 0.1) is 6.61 Å². The van der Waals surface area contributed by atoms with Crippen LogP contribution in [0.15, 0.2) is 24.5 Å². The van der Waals surface area contributed by atoms with Crippen molar-refractivity contribution in [2.75, 3.05) is 11.9 Å². The minimum Gasteiger partial charge on any atom is -0.478 e. The van der Waals surface area contributed by atoms with Gasteiger partial charge in [-0.2, -0.15) is 0 Å². The number of ether oxygens (including phenoxy) is 1. The first-order chi connectivity index (χ1) is 8.38. The molecule has 1 atom stereocenters. The fraction of sp³-hybridized carbons (Fsp3) is 0.538. The lowest BCUT2D eigenvalue weighted by Gasteiger charge is -2.19. The van der Waals surface area contributed by atoms with Gasteiger partial charge >= 0.3 is 0 Å². The molecule has 1 aliphatic rings. The Balaban J connectivity index is 1.93. The third-order valence-corrected chi connectivity index (χ3v) is 2.72. The van der Waals surface area contributed by atoms with Crippen LogP contribution in [0.4, 0.5) is 5.82 Å². The summed E-state index contributed by atoms with van der Waals surface area (Å²) in [5.74, 6) is 1.50. The standard InChI is InChI=1S/C13H19N3O/c1-2-8-17-13-9-12(14-10-15-13)16-11-6-4-3-5-7-11/h3-4,9-11H,2,5-8H2,1H3,(H,14,15,16). The first-order valence-corrected chi connectivity index (χ1v) is 6.25. The SMILES string of the molecule is CCCOc1cc(NC2CC=CCC2)ncn1. The maximum atomic E-state index is 5.48. The third-order valence-electron chi connectivity index (χ3n) is 2.72. The van der Waals surface area contributed by atoms with Crippen LogP contribution in [-0.4, -0.2) is 22.6 Å². The van der Waals surface area contributed by atoms with Gasteiger partial charge in [-0.15, -0.1) is 0 Å². The maximum Gasteiger partial charge on any atom is 0.218 e. The van der Waals surface area contributed by atoms with E-state index in [-0.39, 0.29) is 0 Å². The molecule has 17 heavy (non-hydrogen) atoms. The molecule has 1 unspecified atom stereocenters. The van der Waals surface area contributed by atoms with Gasteiger partial charge in [0.1, 0.15) is 12.1 Å². The molecule has 1 aromatic heterocycles. The molecule has 1 N–H and O–H groups in total. The van der Waals surface area contributed by atoms with Gasteiger partial charge in [-0.1, -0.05) is 19.1 Å². The van der Waals surface area contributed by atoms with E-state index < -0.39 is 0 Å². The summed E-state index contributed by atoms with van der Waals surface area (Å²) in [6.45, 7) is 2.78. The number of rotatable bonds is 5. The minimum absolute atomic E-state index is 0.480. The molecule has 0 saturated heterocycles. The summed E-state index contributed by atoms with van der Waals surface area (Å²) in [7, 11) is 0. The summed E-state index contributed by atoms with van der Waals surface area (Å²) in [5, 5.41) is 3.42. The topological polar surface area (TPSA) is 47.0 Å². The number of nitrogens with one attached hydrogen (secondary N) is 1. The highest BCUT2D eigenvalue weighted by Gasteiger charge is 2.10. The maximum absolute atomic E-state index is 5.48. The first kappa shape index (κ1) is 11.9. The van der Waals surface area contributed by atoms with Crippen LogP contribution in [0.1, 0.15) is 32.6 Å². The quantitative estimate of drug-likeness (QED) is 0.794. The van der Waals surface area contributed by atoms with Gasteiger partial charge in [0.25, 0.3) is 0 Å². The smallest absolute Gasteiger partial charge is 0.218 e. The van der Waals surface area contributed by atoms with Crippen molar-refractivity contribution >= 4 is 5.82 Å². The molecule has 92 valence electrons. The fourth-order valence-electron chi connectivity index (χ4n) is 1.84. The van der Waals surface area contributed by atoms with Gasteiger partial charge in [-0.25, -0.2) is 9.97 Å². The van der Waals surface area contributed by atoms with Gasteiger partial charge in [0.2, 0.25) is 5.88 Å². The molecule has 4 nitrogen and oxygen atoms in total. The molecular formula is C13H19N3O. The molecular weight excluding hydrogens is 214 g/mol. The monoisotopic (exact) mass is 233 g/mol. The molecule has 4 heteroatoms. The Bertz CT molecular complexity index is 379. The molecule has 0 radical (unpaired) electrons. The Labute approximate surface area is 102 Å². The van der Waals surface area contributed by atoms with Crippen LogP contribution in [0.3, 0.4) is 0 Å². The molecule has 0 saturated carbocycles. The normalized spacial score (nSPS) is 19.0. The first-order valence-electron chi connectivity index (χ1n) is 6.25. The molecule has 0 bridgehead atoms. The van der Waals surface area contributed by atoms with Crippen molar-refractivity contribution < 1.29 is 4.74 Å². The summed E-state index contributed by atoms with van der Waals surface area (Å²) in [4.78, 5) is 8.30. The van der Waals surface area contributed by atoms with E-state index in [0.29, 0.717) is 18.5 Å². The summed E-state index contributed by atoms with van der Waals surface area (Å²) in [5.41, 5.74) is 0. The Hall–Kier alpha value is -1.58. The lowest BCUT2D eigenvalue weighted by molar-refractivity contribution is 0.305. The van der Waals surface area contributed by atoms with Crippen molar-refractivity contribution in [3.8, 4) is 5.88 Å². The van der Waals surface area contributed by atoms with Crippen molar-refractivity contribution in [3.63, 3.8) is 0 Å². The third kappa shape index (κ3) is 3.73. The van der Waals surface area contributed by atoms with Crippen molar-refractivity contribution in [2.45, 2.75) is 38.6 Å². The number of aromatic nitrogens is 2. The molecule has 0 aliphatic heterocycles. The highest BCUT2D eigenvalue weighted by atomic mass is 16.5. The Morgan fingerprint density at radius 2 is 2.35 bits per heavy atom. The number of hydrogen-bond donors (Lipinski definition) is 1.